The van der Waals surface area contributed by atoms with E-state index in [2.05, 4.69) is 56.4 Å². The van der Waals surface area contributed by atoms with Crippen LogP contribution in [0.15, 0.2) is 83.3 Å². The molecule has 0 spiro atoms. The number of aromatic nitrogens is 4. The van der Waals surface area contributed by atoms with Crippen LogP contribution in [0.1, 0.15) is 108 Å². The van der Waals surface area contributed by atoms with Crippen LogP contribution in [-0.4, -0.2) is 77.9 Å². The summed E-state index contributed by atoms with van der Waals surface area (Å²) < 4.78 is 2.13. The number of β-amino-alcohol motifs (C(OH)–C–C–N with tert-alkyl or cyclic N) is 1. The zero-order valence-corrected chi connectivity index (χ0v) is 38.1. The van der Waals surface area contributed by atoms with E-state index in [1.54, 1.807) is 34.8 Å². The number of carbonyl (C=O) groups is 3. The molecule has 0 unspecified atom stereocenters. The van der Waals surface area contributed by atoms with Gasteiger partial charge in [-0.25, -0.2) is 4.98 Å². The molecule has 0 bridgehead atoms. The van der Waals surface area contributed by atoms with Crippen molar-refractivity contribution in [2.75, 3.05) is 6.54 Å². The maximum atomic E-state index is 14.4. The molecule has 3 N–H and O–H groups in total. The van der Waals surface area contributed by atoms with Crippen LogP contribution in [0.2, 0.25) is 0 Å². The fraction of sp³-hybridized carbons (Fsp3) is 0.354. The van der Waals surface area contributed by atoms with Crippen molar-refractivity contribution in [3.63, 3.8) is 0 Å². The number of fused-ring (bicyclic) bond motifs is 3. The number of amides is 3. The van der Waals surface area contributed by atoms with Crippen molar-refractivity contribution in [3.05, 3.63) is 128 Å². The highest BCUT2D eigenvalue weighted by Crippen LogP contribution is 2.39. The molecule has 14 heteroatoms. The molecule has 12 nitrogen and oxygen atoms in total. The standard InChI is InChI=1S/C48H52N8O4S2/c1-25-29(5)62-47-39(25)40(50-28(4)43-54-53-30(6)56(43)47)36-12-10-11-35(21-36)32-15-19-34(20-16-32)44(58)52-42(48(7,8)9)46(60)55-23-37(57)22-38(55)45(59)51-26(2)31-13-17-33(18-14-31)41-27(3)49-24-61-41/h10-21,24,26,28,37-38,42,57H,22-23H2,1-9H3,(H,51,59)(H,52,58)/t26-,28-,37+,38-,42+/m0/s1. The van der Waals surface area contributed by atoms with E-state index in [9.17, 15) is 19.5 Å². The van der Waals surface area contributed by atoms with Gasteiger partial charge < -0.3 is 20.6 Å². The van der Waals surface area contributed by atoms with Gasteiger partial charge in [-0.1, -0.05) is 75.4 Å². The number of nitrogens with one attached hydrogen (secondary N) is 2. The zero-order chi connectivity index (χ0) is 44.2. The minimum Gasteiger partial charge on any atom is -0.391 e. The summed E-state index contributed by atoms with van der Waals surface area (Å²) in [6.07, 6.45) is -0.776. The third-order valence-electron chi connectivity index (χ3n) is 12.0. The van der Waals surface area contributed by atoms with E-state index < -0.39 is 35.4 Å². The van der Waals surface area contributed by atoms with Crippen molar-refractivity contribution in [2.24, 2.45) is 10.4 Å². The lowest BCUT2D eigenvalue weighted by Gasteiger charge is -2.35. The molecule has 3 aromatic carbocycles. The van der Waals surface area contributed by atoms with Crippen molar-refractivity contribution in [1.82, 2.24) is 35.3 Å². The number of benzene rings is 3. The van der Waals surface area contributed by atoms with E-state index in [0.29, 0.717) is 5.56 Å². The molecule has 62 heavy (non-hydrogen) atoms. The molecule has 0 radical (unpaired) electrons. The number of nitrogens with zero attached hydrogens (tertiary/aromatic N) is 6. The summed E-state index contributed by atoms with van der Waals surface area (Å²) in [4.78, 5) is 55.3. The molecule has 2 aliphatic rings. The lowest BCUT2D eigenvalue weighted by atomic mass is 9.85. The number of thiazole rings is 1. The van der Waals surface area contributed by atoms with E-state index in [1.165, 1.54) is 15.3 Å². The highest BCUT2D eigenvalue weighted by molar-refractivity contribution is 7.15. The smallest absolute Gasteiger partial charge is 0.251 e. The second kappa shape index (κ2) is 16.8. The predicted octanol–water partition coefficient (Wildman–Crippen LogP) is 8.25. The van der Waals surface area contributed by atoms with Gasteiger partial charge in [-0.3, -0.25) is 23.9 Å². The van der Waals surface area contributed by atoms with Gasteiger partial charge in [0.2, 0.25) is 11.8 Å². The fourth-order valence-corrected chi connectivity index (χ4v) is 10.4. The number of aliphatic hydroxyl groups excluding tert-OH is 1. The molecule has 8 rings (SSSR count). The van der Waals surface area contributed by atoms with Gasteiger partial charge in [-0.2, -0.15) is 0 Å². The maximum Gasteiger partial charge on any atom is 0.251 e. The number of thiophene rings is 1. The molecule has 6 aromatic rings. The number of aliphatic imine (C=N–C) groups is 1. The summed E-state index contributed by atoms with van der Waals surface area (Å²) in [7, 11) is 0. The summed E-state index contributed by atoms with van der Waals surface area (Å²) in [5.41, 5.74) is 10.5. The normalized spacial score (nSPS) is 18.3. The SMILES string of the molecule is Cc1ncsc1-c1ccc([C@H](C)NC(=O)[C@@H]2C[C@@H](O)CN2C(=O)[C@@H](NC(=O)c2ccc(-c3cccc(C4=N[C@@H](C)c5nnc(C)n5-c5sc(C)c(C)c54)c3)cc2)C(C)(C)C)cc1. The minimum absolute atomic E-state index is 0.0104. The highest BCUT2D eigenvalue weighted by atomic mass is 32.1. The first-order valence-electron chi connectivity index (χ1n) is 20.9. The van der Waals surface area contributed by atoms with Gasteiger partial charge in [0.15, 0.2) is 5.82 Å². The van der Waals surface area contributed by atoms with Crippen molar-refractivity contribution < 1.29 is 19.5 Å². The van der Waals surface area contributed by atoms with Gasteiger partial charge in [0, 0.05) is 34.5 Å². The fourth-order valence-electron chi connectivity index (χ4n) is 8.37. The van der Waals surface area contributed by atoms with Crippen LogP contribution in [0, 0.1) is 33.1 Å². The van der Waals surface area contributed by atoms with Gasteiger partial charge in [0.25, 0.3) is 5.91 Å². The first-order chi connectivity index (χ1) is 29.5. The van der Waals surface area contributed by atoms with E-state index in [4.69, 9.17) is 4.99 Å². The zero-order valence-electron chi connectivity index (χ0n) is 36.5. The lowest BCUT2D eigenvalue weighted by molar-refractivity contribution is -0.142. The summed E-state index contributed by atoms with van der Waals surface area (Å²) in [5, 5.41) is 26.7. The molecule has 1 saturated heterocycles. The summed E-state index contributed by atoms with van der Waals surface area (Å²) in [6.45, 7) is 17.8. The Morgan fingerprint density at radius 3 is 2.26 bits per heavy atom. The average Bonchev–Trinajstić information content (AvgIpc) is 4.02. The molecule has 0 saturated carbocycles. The second-order valence-corrected chi connectivity index (χ2v) is 19.6. The molecule has 3 aromatic heterocycles. The van der Waals surface area contributed by atoms with E-state index in [0.717, 1.165) is 66.3 Å². The van der Waals surface area contributed by atoms with Gasteiger partial charge in [0.05, 0.1) is 33.9 Å². The van der Waals surface area contributed by atoms with E-state index >= 15 is 0 Å². The van der Waals surface area contributed by atoms with Gasteiger partial charge in [-0.05, 0) is 93.0 Å². The third kappa shape index (κ3) is 8.14. The summed E-state index contributed by atoms with van der Waals surface area (Å²) in [6, 6.07) is 21.2. The third-order valence-corrected chi connectivity index (χ3v) is 14.2. The maximum absolute atomic E-state index is 14.4. The molecular formula is C48H52N8O4S2. The van der Waals surface area contributed by atoms with Crippen LogP contribution in [0.25, 0.3) is 26.6 Å². The Bertz CT molecular complexity index is 2710. The molecule has 3 amide bonds. The van der Waals surface area contributed by atoms with Crippen molar-refractivity contribution in [3.8, 4) is 26.6 Å². The molecule has 2 aliphatic heterocycles. The molecule has 0 aliphatic carbocycles. The molecule has 1 fully saturated rings. The average molecular weight is 869 g/mol. The Morgan fingerprint density at radius 2 is 1.58 bits per heavy atom. The number of rotatable bonds is 9. The predicted molar refractivity (Wildman–Crippen MR) is 245 cm³/mol. The lowest BCUT2D eigenvalue weighted by Crippen LogP contribution is -2.57. The number of hydrogen-bond acceptors (Lipinski definition) is 10. The summed E-state index contributed by atoms with van der Waals surface area (Å²) >= 11 is 3.31. The number of aryl methyl sites for hydroxylation is 3. The van der Waals surface area contributed by atoms with Gasteiger partial charge in [0.1, 0.15) is 29.0 Å². The molecule has 5 heterocycles. The van der Waals surface area contributed by atoms with Gasteiger partial charge in [-0.15, -0.1) is 32.9 Å². The largest absolute Gasteiger partial charge is 0.391 e. The Hall–Kier alpha value is -5.83. The second-order valence-electron chi connectivity index (χ2n) is 17.5. The minimum atomic E-state index is -0.971. The van der Waals surface area contributed by atoms with Crippen LogP contribution in [0.4, 0.5) is 0 Å². The van der Waals surface area contributed by atoms with E-state index in [1.807, 2.05) is 103 Å². The first-order valence-corrected chi connectivity index (χ1v) is 22.6. The van der Waals surface area contributed by atoms with E-state index in [-0.39, 0.29) is 31.0 Å². The Labute approximate surface area is 370 Å². The van der Waals surface area contributed by atoms with Crippen LogP contribution in [0.3, 0.4) is 0 Å². The topological polar surface area (TPSA) is 155 Å². The molecule has 5 atom stereocenters. The number of aliphatic hydroxyl groups is 1. The van der Waals surface area contributed by atoms with Crippen molar-refractivity contribution >= 4 is 46.1 Å². The van der Waals surface area contributed by atoms with Crippen molar-refractivity contribution in [2.45, 2.75) is 99.0 Å². The quantitative estimate of drug-likeness (QED) is 0.132. The Morgan fingerprint density at radius 1 is 0.887 bits per heavy atom. The first kappa shape index (κ1) is 42.8. The van der Waals surface area contributed by atoms with Crippen LogP contribution in [0.5, 0.6) is 0 Å². The Balaban J connectivity index is 0.971. The van der Waals surface area contributed by atoms with Crippen LogP contribution in [-0.2, 0) is 9.59 Å². The van der Waals surface area contributed by atoms with Crippen LogP contribution < -0.4 is 10.6 Å². The van der Waals surface area contributed by atoms with Gasteiger partial charge >= 0.3 is 0 Å². The number of carbonyl (C=O) groups excluding carboxylic acids is 3. The molecular weight excluding hydrogens is 817 g/mol. The monoisotopic (exact) mass is 868 g/mol. The number of hydrogen-bond donors (Lipinski definition) is 3. The van der Waals surface area contributed by atoms with Crippen LogP contribution >= 0.6 is 22.7 Å². The number of likely N-dealkylation sites (tertiary alicyclic amines) is 1. The van der Waals surface area contributed by atoms with Crippen molar-refractivity contribution in [1.29, 1.82) is 0 Å². The Kier molecular flexibility index (Phi) is 11.6. The highest BCUT2D eigenvalue weighted by Gasteiger charge is 2.45. The molecule has 320 valence electrons. The summed E-state index contributed by atoms with van der Waals surface area (Å²) in [5.74, 6) is 0.455.